The average Bonchev–Trinajstić information content (AvgIpc) is 3.24. The largest absolute Gasteiger partial charge is 0.366 e. The van der Waals surface area contributed by atoms with Gasteiger partial charge in [0.25, 0.3) is 6.43 Å². The number of amides is 1. The SMILES string of the molecule is C[C@H](C(=O)N1CCN(c2cc(S(=O)(=O)NC3(C)CC3)cn3c(-c4nnc(C(F)F)s4)ncc23)C[C@@H]1C)N(C)C. The fourth-order valence-corrected chi connectivity index (χ4v) is 6.84. The van der Waals surface area contributed by atoms with Crippen LogP contribution in [0.3, 0.4) is 0 Å². The van der Waals surface area contributed by atoms with E-state index in [-0.39, 0.29) is 33.7 Å². The zero-order valence-electron chi connectivity index (χ0n) is 22.4. The molecule has 1 saturated carbocycles. The molecule has 2 aliphatic rings. The lowest BCUT2D eigenvalue weighted by molar-refractivity contribution is -0.137. The first-order chi connectivity index (χ1) is 18.3. The second-order valence-electron chi connectivity index (χ2n) is 10.8. The maximum Gasteiger partial charge on any atom is 0.291 e. The third-order valence-corrected chi connectivity index (χ3v) is 10.0. The lowest BCUT2D eigenvalue weighted by atomic mass is 10.1. The molecule has 1 N–H and O–H groups in total. The molecule has 3 aromatic heterocycles. The predicted octanol–water partition coefficient (Wildman–Crippen LogP) is 2.61. The number of piperazine rings is 1. The number of likely N-dealkylation sites (N-methyl/N-ethyl adjacent to an activating group) is 1. The molecule has 1 amide bonds. The summed E-state index contributed by atoms with van der Waals surface area (Å²) in [7, 11) is -0.174. The zero-order valence-corrected chi connectivity index (χ0v) is 24.1. The molecule has 0 bridgehead atoms. The van der Waals surface area contributed by atoms with Crippen LogP contribution in [-0.2, 0) is 14.8 Å². The highest BCUT2D eigenvalue weighted by Gasteiger charge is 2.42. The second kappa shape index (κ2) is 10.0. The molecule has 2 atom stereocenters. The van der Waals surface area contributed by atoms with Crippen molar-refractivity contribution < 1.29 is 22.0 Å². The van der Waals surface area contributed by atoms with E-state index in [1.165, 1.54) is 6.20 Å². The minimum Gasteiger partial charge on any atom is -0.366 e. The number of aromatic nitrogens is 4. The van der Waals surface area contributed by atoms with Crippen molar-refractivity contribution in [2.75, 3.05) is 38.6 Å². The molecule has 0 aromatic carbocycles. The fourth-order valence-electron chi connectivity index (χ4n) is 4.66. The van der Waals surface area contributed by atoms with Crippen LogP contribution in [0.1, 0.15) is 45.0 Å². The van der Waals surface area contributed by atoms with E-state index in [4.69, 9.17) is 0 Å². The molecule has 0 spiro atoms. The zero-order chi connectivity index (χ0) is 28.3. The highest BCUT2D eigenvalue weighted by molar-refractivity contribution is 7.89. The maximum absolute atomic E-state index is 13.4. The number of hydrogen-bond acceptors (Lipinski definition) is 9. The Hall–Kier alpha value is -2.75. The third-order valence-electron chi connectivity index (χ3n) is 7.49. The summed E-state index contributed by atoms with van der Waals surface area (Å²) in [6, 6.07) is 1.22. The molecule has 0 radical (unpaired) electrons. The quantitative estimate of drug-likeness (QED) is 0.431. The van der Waals surface area contributed by atoms with Gasteiger partial charge in [0.15, 0.2) is 15.8 Å². The highest BCUT2D eigenvalue weighted by Crippen LogP contribution is 2.38. The van der Waals surface area contributed by atoms with Gasteiger partial charge in [0, 0.05) is 37.4 Å². The summed E-state index contributed by atoms with van der Waals surface area (Å²) in [5.41, 5.74) is 0.737. The van der Waals surface area contributed by atoms with Crippen molar-refractivity contribution in [1.82, 2.24) is 34.1 Å². The van der Waals surface area contributed by atoms with Crippen LogP contribution in [0.5, 0.6) is 0 Å². The summed E-state index contributed by atoms with van der Waals surface area (Å²) in [5, 5.41) is 7.17. The molecule has 39 heavy (non-hydrogen) atoms. The maximum atomic E-state index is 13.4. The number of pyridine rings is 1. The van der Waals surface area contributed by atoms with Crippen molar-refractivity contribution >= 4 is 38.5 Å². The number of sulfonamides is 1. The van der Waals surface area contributed by atoms with Gasteiger partial charge in [0.1, 0.15) is 4.90 Å². The van der Waals surface area contributed by atoms with Crippen LogP contribution in [0.4, 0.5) is 14.5 Å². The van der Waals surface area contributed by atoms with Crippen molar-refractivity contribution in [1.29, 1.82) is 0 Å². The van der Waals surface area contributed by atoms with E-state index in [9.17, 15) is 22.0 Å². The number of fused-ring (bicyclic) bond motifs is 1. The molecule has 15 heteroatoms. The second-order valence-corrected chi connectivity index (χ2v) is 13.5. The lowest BCUT2D eigenvalue weighted by Gasteiger charge is -2.42. The summed E-state index contributed by atoms with van der Waals surface area (Å²) in [5.74, 6) is 0.264. The van der Waals surface area contributed by atoms with E-state index in [0.29, 0.717) is 42.2 Å². The number of nitrogens with one attached hydrogen (secondary N) is 1. The topological polar surface area (TPSA) is 116 Å². The fraction of sp³-hybridized carbons (Fsp3) is 0.583. The minimum absolute atomic E-state index is 0.0309. The number of halogens is 2. The molecular weight excluding hydrogens is 550 g/mol. The number of carbonyl (C=O) groups is 1. The summed E-state index contributed by atoms with van der Waals surface area (Å²) >= 11 is 0.715. The number of alkyl halides is 2. The van der Waals surface area contributed by atoms with Crippen LogP contribution < -0.4 is 9.62 Å². The third kappa shape index (κ3) is 5.36. The molecule has 4 heterocycles. The Morgan fingerprint density at radius 1 is 1.26 bits per heavy atom. The number of anilines is 1. The molecular formula is C24H32F2N8O3S2. The van der Waals surface area contributed by atoms with Crippen LogP contribution in [0, 0.1) is 0 Å². The van der Waals surface area contributed by atoms with E-state index in [1.807, 2.05) is 49.6 Å². The highest BCUT2D eigenvalue weighted by atomic mass is 32.2. The summed E-state index contributed by atoms with van der Waals surface area (Å²) in [4.78, 5) is 23.3. The first-order valence-electron chi connectivity index (χ1n) is 12.7. The Balaban J connectivity index is 1.55. The van der Waals surface area contributed by atoms with Gasteiger partial charge in [-0.1, -0.05) is 11.3 Å². The van der Waals surface area contributed by atoms with Crippen molar-refractivity contribution in [3.63, 3.8) is 0 Å². The van der Waals surface area contributed by atoms with Crippen molar-refractivity contribution in [3.8, 4) is 10.8 Å². The summed E-state index contributed by atoms with van der Waals surface area (Å²) < 4.78 is 57.6. The Bertz CT molecular complexity index is 1500. The van der Waals surface area contributed by atoms with Crippen molar-refractivity contribution in [2.24, 2.45) is 0 Å². The van der Waals surface area contributed by atoms with Gasteiger partial charge in [-0.15, -0.1) is 10.2 Å². The Morgan fingerprint density at radius 2 is 1.97 bits per heavy atom. The Kier molecular flexibility index (Phi) is 7.14. The van der Waals surface area contributed by atoms with E-state index in [0.717, 1.165) is 12.8 Å². The molecule has 3 aromatic rings. The average molecular weight is 583 g/mol. The van der Waals surface area contributed by atoms with Gasteiger partial charge >= 0.3 is 0 Å². The van der Waals surface area contributed by atoms with Crippen LogP contribution >= 0.6 is 11.3 Å². The van der Waals surface area contributed by atoms with E-state index >= 15 is 0 Å². The molecule has 0 unspecified atom stereocenters. The summed E-state index contributed by atoms with van der Waals surface area (Å²) in [6.45, 7) is 7.11. The van der Waals surface area contributed by atoms with E-state index < -0.39 is 27.0 Å². The van der Waals surface area contributed by atoms with Gasteiger partial charge in [-0.3, -0.25) is 14.1 Å². The van der Waals surface area contributed by atoms with Gasteiger partial charge in [0.05, 0.1) is 23.4 Å². The van der Waals surface area contributed by atoms with Crippen LogP contribution in [0.25, 0.3) is 16.3 Å². The molecule has 1 saturated heterocycles. The number of rotatable bonds is 8. The minimum atomic E-state index is -3.90. The van der Waals surface area contributed by atoms with Crippen LogP contribution in [-0.4, -0.2) is 95.1 Å². The van der Waals surface area contributed by atoms with Gasteiger partial charge in [-0.2, -0.15) is 0 Å². The first-order valence-corrected chi connectivity index (χ1v) is 15.0. The number of imidazole rings is 1. The van der Waals surface area contributed by atoms with Crippen LogP contribution in [0.2, 0.25) is 0 Å². The Morgan fingerprint density at radius 3 is 2.56 bits per heavy atom. The number of nitrogens with zero attached hydrogens (tertiary/aromatic N) is 7. The molecule has 1 aliphatic carbocycles. The molecule has 11 nitrogen and oxygen atoms in total. The monoisotopic (exact) mass is 582 g/mol. The molecule has 5 rings (SSSR count). The summed E-state index contributed by atoms with van der Waals surface area (Å²) in [6.07, 6.45) is 1.75. The molecule has 212 valence electrons. The smallest absolute Gasteiger partial charge is 0.291 e. The van der Waals surface area contributed by atoms with Crippen molar-refractivity contribution in [2.45, 2.75) is 62.6 Å². The standard InChI is InChI=1S/C24H32F2N8O3S2/c1-14-12-32(8-9-33(14)23(35)15(2)31(4)5)17-10-16(39(36,37)30-24(3)6-7-24)13-34-18(17)11-27-20(34)22-29-28-21(38-22)19(25)26/h10-11,13-15,19,30H,6-9,12H2,1-5H3/t14-,15+/m0/s1. The lowest BCUT2D eigenvalue weighted by Crippen LogP contribution is -2.57. The molecule has 2 fully saturated rings. The number of carbonyl (C=O) groups excluding carboxylic acids is 1. The van der Waals surface area contributed by atoms with Crippen molar-refractivity contribution in [3.05, 3.63) is 23.5 Å². The normalized spacial score (nSPS) is 20.3. The van der Waals surface area contributed by atoms with Gasteiger partial charge in [-0.25, -0.2) is 26.9 Å². The Labute approximate surface area is 229 Å². The van der Waals surface area contributed by atoms with Gasteiger partial charge in [-0.05, 0) is 53.8 Å². The van der Waals surface area contributed by atoms with E-state index in [2.05, 4.69) is 19.9 Å². The van der Waals surface area contributed by atoms with Crippen LogP contribution in [0.15, 0.2) is 23.4 Å². The molecule has 1 aliphatic heterocycles. The van der Waals surface area contributed by atoms with Gasteiger partial charge in [0.2, 0.25) is 15.9 Å². The van der Waals surface area contributed by atoms with Gasteiger partial charge < -0.3 is 9.80 Å². The first kappa shape index (κ1) is 27.8. The number of hydrogen-bond donors (Lipinski definition) is 1. The van der Waals surface area contributed by atoms with E-state index in [1.54, 1.807) is 16.7 Å². The predicted molar refractivity (Wildman–Crippen MR) is 144 cm³/mol.